The van der Waals surface area contributed by atoms with Crippen LogP contribution in [0.1, 0.15) is 38.2 Å². The van der Waals surface area contributed by atoms with Crippen LogP contribution in [0.25, 0.3) is 0 Å². The fourth-order valence-electron chi connectivity index (χ4n) is 1.66. The van der Waals surface area contributed by atoms with Gasteiger partial charge in [0.1, 0.15) is 11.7 Å². The molecule has 2 atom stereocenters. The van der Waals surface area contributed by atoms with E-state index in [1.54, 1.807) is 6.07 Å². The highest BCUT2D eigenvalue weighted by atomic mass is 35.5. The van der Waals surface area contributed by atoms with Crippen LogP contribution in [0.3, 0.4) is 0 Å². The number of nitriles is 1. The lowest BCUT2D eigenvalue weighted by molar-refractivity contribution is -0.120. The number of carbonyl (C=O) groups excluding carboxylic acids is 1. The summed E-state index contributed by atoms with van der Waals surface area (Å²) in [5.74, 6) is -1.82. The molecule has 0 heterocycles. The van der Waals surface area contributed by atoms with Gasteiger partial charge in [0.25, 0.3) is 0 Å². The second kappa shape index (κ2) is 6.51. The van der Waals surface area contributed by atoms with Gasteiger partial charge >= 0.3 is 0 Å². The predicted molar refractivity (Wildman–Crippen MR) is 68.8 cm³/mol. The molecule has 0 bridgehead atoms. The number of hydrogen-bond acceptors (Lipinski definition) is 2. The zero-order valence-corrected chi connectivity index (χ0v) is 11.2. The second-order valence-corrected chi connectivity index (χ2v) is 4.80. The lowest BCUT2D eigenvalue weighted by Gasteiger charge is -2.13. The first kappa shape index (κ1) is 14.7. The minimum absolute atomic E-state index is 0.0657. The zero-order chi connectivity index (χ0) is 13.7. The molecule has 0 aliphatic heterocycles. The van der Waals surface area contributed by atoms with Crippen molar-refractivity contribution in [3.05, 3.63) is 34.6 Å². The molecule has 4 heteroatoms. The van der Waals surface area contributed by atoms with E-state index in [-0.39, 0.29) is 28.7 Å². The summed E-state index contributed by atoms with van der Waals surface area (Å²) in [5, 5.41) is 9.00. The van der Waals surface area contributed by atoms with Crippen molar-refractivity contribution >= 4 is 17.4 Å². The molecule has 0 fully saturated rings. The van der Waals surface area contributed by atoms with E-state index in [2.05, 4.69) is 0 Å². The van der Waals surface area contributed by atoms with Crippen molar-refractivity contribution in [3.8, 4) is 6.07 Å². The normalized spacial score (nSPS) is 13.7. The summed E-state index contributed by atoms with van der Waals surface area (Å²) in [6, 6.07) is 6.24. The maximum atomic E-state index is 13.8. The van der Waals surface area contributed by atoms with Crippen molar-refractivity contribution in [2.75, 3.05) is 0 Å². The van der Waals surface area contributed by atoms with Crippen LogP contribution in [0.2, 0.25) is 5.02 Å². The maximum Gasteiger partial charge on any atom is 0.154 e. The van der Waals surface area contributed by atoms with Crippen LogP contribution < -0.4 is 0 Å². The molecule has 96 valence electrons. The average molecular weight is 268 g/mol. The Balaban J connectivity index is 3.00. The van der Waals surface area contributed by atoms with E-state index in [0.29, 0.717) is 0 Å². The maximum absolute atomic E-state index is 13.8. The number of ketones is 1. The van der Waals surface area contributed by atoms with Gasteiger partial charge in [0.2, 0.25) is 0 Å². The number of halogens is 2. The van der Waals surface area contributed by atoms with E-state index in [0.717, 1.165) is 6.42 Å². The van der Waals surface area contributed by atoms with Crippen molar-refractivity contribution in [2.24, 2.45) is 5.92 Å². The Morgan fingerprint density at radius 3 is 2.78 bits per heavy atom. The molecular weight excluding hydrogens is 253 g/mol. The first-order valence-electron chi connectivity index (χ1n) is 5.87. The molecule has 1 aromatic rings. The highest BCUT2D eigenvalue weighted by molar-refractivity contribution is 6.30. The van der Waals surface area contributed by atoms with E-state index < -0.39 is 11.7 Å². The van der Waals surface area contributed by atoms with Gasteiger partial charge in [-0.05, 0) is 12.0 Å². The molecule has 1 aromatic carbocycles. The smallest absolute Gasteiger partial charge is 0.154 e. The predicted octanol–water partition coefficient (Wildman–Crippen LogP) is 4.09. The molecule has 18 heavy (non-hydrogen) atoms. The molecule has 2 nitrogen and oxygen atoms in total. The molecule has 0 aliphatic rings. The molecule has 0 spiro atoms. The van der Waals surface area contributed by atoms with Crippen LogP contribution in [-0.2, 0) is 4.79 Å². The molecule has 0 radical (unpaired) electrons. The van der Waals surface area contributed by atoms with Crippen molar-refractivity contribution in [1.29, 1.82) is 5.26 Å². The SMILES string of the molecule is CCC(C)CC(=O)C(C#N)c1cccc(Cl)c1F. The van der Waals surface area contributed by atoms with Crippen LogP contribution in [0.15, 0.2) is 18.2 Å². The van der Waals surface area contributed by atoms with Gasteiger partial charge in [-0.15, -0.1) is 0 Å². The number of hydrogen-bond donors (Lipinski definition) is 0. The lowest BCUT2D eigenvalue weighted by atomic mass is 9.89. The van der Waals surface area contributed by atoms with Crippen molar-refractivity contribution in [1.82, 2.24) is 0 Å². The van der Waals surface area contributed by atoms with E-state index in [9.17, 15) is 9.18 Å². The first-order valence-corrected chi connectivity index (χ1v) is 6.25. The number of Topliss-reactive ketones (excluding diaryl/α,β-unsaturated/α-hetero) is 1. The Bertz CT molecular complexity index is 481. The molecule has 0 aromatic heterocycles. The third-order valence-electron chi connectivity index (χ3n) is 2.99. The third-order valence-corrected chi connectivity index (χ3v) is 3.28. The van der Waals surface area contributed by atoms with Crippen molar-refractivity contribution < 1.29 is 9.18 Å². The molecule has 0 N–H and O–H groups in total. The highest BCUT2D eigenvalue weighted by Gasteiger charge is 2.25. The van der Waals surface area contributed by atoms with Gasteiger partial charge in [-0.2, -0.15) is 5.26 Å². The van der Waals surface area contributed by atoms with Gasteiger partial charge in [-0.3, -0.25) is 4.79 Å². The minimum atomic E-state index is -1.07. The summed E-state index contributed by atoms with van der Waals surface area (Å²) in [4.78, 5) is 12.0. The average Bonchev–Trinajstić information content (AvgIpc) is 2.35. The van der Waals surface area contributed by atoms with Gasteiger partial charge in [0.15, 0.2) is 5.78 Å². The van der Waals surface area contributed by atoms with E-state index in [1.165, 1.54) is 12.1 Å². The van der Waals surface area contributed by atoms with Gasteiger partial charge < -0.3 is 0 Å². The molecular formula is C14H15ClFNO. The molecule has 0 amide bonds. The Morgan fingerprint density at radius 2 is 2.22 bits per heavy atom. The number of carbonyl (C=O) groups is 1. The number of benzene rings is 1. The van der Waals surface area contributed by atoms with Crippen LogP contribution in [0.5, 0.6) is 0 Å². The van der Waals surface area contributed by atoms with Crippen LogP contribution >= 0.6 is 11.6 Å². The molecule has 0 saturated carbocycles. The van der Waals surface area contributed by atoms with Crippen LogP contribution in [0, 0.1) is 23.1 Å². The monoisotopic (exact) mass is 267 g/mol. The summed E-state index contributed by atoms with van der Waals surface area (Å²) >= 11 is 5.66. The highest BCUT2D eigenvalue weighted by Crippen LogP contribution is 2.27. The largest absolute Gasteiger partial charge is 0.298 e. The minimum Gasteiger partial charge on any atom is -0.298 e. The zero-order valence-electron chi connectivity index (χ0n) is 10.4. The Labute approximate surface area is 111 Å². The quantitative estimate of drug-likeness (QED) is 0.806. The summed E-state index contributed by atoms with van der Waals surface area (Å²) in [5.41, 5.74) is 0.0679. The van der Waals surface area contributed by atoms with Gasteiger partial charge in [0, 0.05) is 12.0 Å². The first-order chi connectivity index (χ1) is 8.51. The second-order valence-electron chi connectivity index (χ2n) is 4.39. The Hall–Kier alpha value is -1.40. The molecule has 2 unspecified atom stereocenters. The molecule has 1 rings (SSSR count). The fourth-order valence-corrected chi connectivity index (χ4v) is 1.85. The summed E-state index contributed by atoms with van der Waals surface area (Å²) in [6.45, 7) is 3.90. The summed E-state index contributed by atoms with van der Waals surface area (Å²) < 4.78 is 13.8. The van der Waals surface area contributed by atoms with Gasteiger partial charge in [-0.1, -0.05) is 44.0 Å². The van der Waals surface area contributed by atoms with Crippen LogP contribution in [0.4, 0.5) is 4.39 Å². The van der Waals surface area contributed by atoms with E-state index >= 15 is 0 Å². The summed E-state index contributed by atoms with van der Waals surface area (Å²) in [6.07, 6.45) is 1.13. The van der Waals surface area contributed by atoms with E-state index in [4.69, 9.17) is 16.9 Å². The standard InChI is InChI=1S/C14H15ClFNO/c1-3-9(2)7-13(18)11(8-17)10-5-4-6-12(15)14(10)16/h4-6,9,11H,3,7H2,1-2H3. The third kappa shape index (κ3) is 3.30. The topological polar surface area (TPSA) is 40.9 Å². The number of rotatable bonds is 5. The van der Waals surface area contributed by atoms with Crippen molar-refractivity contribution in [3.63, 3.8) is 0 Å². The van der Waals surface area contributed by atoms with Gasteiger partial charge in [0.05, 0.1) is 11.1 Å². The van der Waals surface area contributed by atoms with Crippen molar-refractivity contribution in [2.45, 2.75) is 32.6 Å². The lowest BCUT2D eigenvalue weighted by Crippen LogP contribution is -2.15. The van der Waals surface area contributed by atoms with Crippen LogP contribution in [-0.4, -0.2) is 5.78 Å². The van der Waals surface area contributed by atoms with Gasteiger partial charge in [-0.25, -0.2) is 4.39 Å². The molecule has 0 aliphatic carbocycles. The number of nitrogens with zero attached hydrogens (tertiary/aromatic N) is 1. The summed E-state index contributed by atoms with van der Waals surface area (Å²) in [7, 11) is 0. The van der Waals surface area contributed by atoms with E-state index in [1.807, 2.05) is 19.9 Å². The Morgan fingerprint density at radius 1 is 1.56 bits per heavy atom. The Kier molecular flexibility index (Phi) is 5.30. The molecule has 0 saturated heterocycles. The fraction of sp³-hybridized carbons (Fsp3) is 0.429.